The van der Waals surface area contributed by atoms with Crippen molar-refractivity contribution in [1.29, 1.82) is 0 Å². The summed E-state index contributed by atoms with van der Waals surface area (Å²) in [5.74, 6) is 0.425. The van der Waals surface area contributed by atoms with Crippen LogP contribution in [-0.4, -0.2) is 24.5 Å². The minimum Gasteiger partial charge on any atom is -0.492 e. The van der Waals surface area contributed by atoms with Crippen molar-refractivity contribution in [3.63, 3.8) is 0 Å². The summed E-state index contributed by atoms with van der Waals surface area (Å²) in [5.41, 5.74) is 1.39. The average molecular weight is 287 g/mol. The molecule has 0 aliphatic rings. The van der Waals surface area contributed by atoms with Gasteiger partial charge in [-0.15, -0.1) is 0 Å². The molecule has 4 heteroatoms. The molecule has 16 heavy (non-hydrogen) atoms. The van der Waals surface area contributed by atoms with Crippen molar-refractivity contribution in [3.8, 4) is 5.75 Å². The molecule has 88 valence electrons. The maximum absolute atomic E-state index is 11.6. The maximum atomic E-state index is 11.6. The van der Waals surface area contributed by atoms with E-state index in [1.165, 1.54) is 0 Å². The van der Waals surface area contributed by atoms with Gasteiger partial charge in [-0.2, -0.15) is 0 Å². The third-order valence-corrected chi connectivity index (χ3v) is 2.44. The lowest BCUT2D eigenvalue weighted by Crippen LogP contribution is -2.08. The predicted molar refractivity (Wildman–Crippen MR) is 66.4 cm³/mol. The van der Waals surface area contributed by atoms with Gasteiger partial charge in [-0.3, -0.25) is 0 Å². The first-order valence-electron chi connectivity index (χ1n) is 5.16. The molecule has 0 bridgehead atoms. The van der Waals surface area contributed by atoms with Crippen molar-refractivity contribution in [2.75, 3.05) is 18.5 Å². The largest absolute Gasteiger partial charge is 0.492 e. The zero-order valence-corrected chi connectivity index (χ0v) is 11.0. The normalized spacial score (nSPS) is 9.94. The van der Waals surface area contributed by atoms with Gasteiger partial charge < -0.3 is 9.47 Å². The van der Waals surface area contributed by atoms with E-state index < -0.39 is 0 Å². The standard InChI is InChI=1S/C12H15BrO3/c1-3-15-12(14)10-5-4-6-11(9(10)2)16-8-7-13/h4-6H,3,7-8H2,1-2H3. The first-order chi connectivity index (χ1) is 7.70. The van der Waals surface area contributed by atoms with Gasteiger partial charge in [0.25, 0.3) is 0 Å². The molecule has 1 rings (SSSR count). The number of carbonyl (C=O) groups excluding carboxylic acids is 1. The molecule has 0 unspecified atom stereocenters. The molecular weight excluding hydrogens is 272 g/mol. The van der Waals surface area contributed by atoms with Crippen LogP contribution in [0.3, 0.4) is 0 Å². The first-order valence-corrected chi connectivity index (χ1v) is 6.28. The fraction of sp³-hybridized carbons (Fsp3) is 0.417. The van der Waals surface area contributed by atoms with Gasteiger partial charge >= 0.3 is 5.97 Å². The Hall–Kier alpha value is -1.03. The molecule has 0 fully saturated rings. The molecular formula is C12H15BrO3. The van der Waals surface area contributed by atoms with E-state index in [2.05, 4.69) is 15.9 Å². The monoisotopic (exact) mass is 286 g/mol. The highest BCUT2D eigenvalue weighted by Crippen LogP contribution is 2.22. The number of alkyl halides is 1. The smallest absolute Gasteiger partial charge is 0.338 e. The lowest BCUT2D eigenvalue weighted by molar-refractivity contribution is 0.0525. The van der Waals surface area contributed by atoms with Crippen LogP contribution in [0.1, 0.15) is 22.8 Å². The maximum Gasteiger partial charge on any atom is 0.338 e. The number of benzene rings is 1. The molecule has 0 radical (unpaired) electrons. The lowest BCUT2D eigenvalue weighted by atomic mass is 10.1. The number of hydrogen-bond acceptors (Lipinski definition) is 3. The molecule has 1 aromatic rings. The van der Waals surface area contributed by atoms with E-state index in [-0.39, 0.29) is 5.97 Å². The van der Waals surface area contributed by atoms with Gasteiger partial charge in [-0.25, -0.2) is 4.79 Å². The number of rotatable bonds is 5. The fourth-order valence-electron chi connectivity index (χ4n) is 1.35. The van der Waals surface area contributed by atoms with E-state index in [1.807, 2.05) is 13.0 Å². The zero-order chi connectivity index (χ0) is 12.0. The Morgan fingerprint density at radius 3 is 2.81 bits per heavy atom. The second kappa shape index (κ2) is 6.53. The number of esters is 1. The van der Waals surface area contributed by atoms with Crippen molar-refractivity contribution < 1.29 is 14.3 Å². The van der Waals surface area contributed by atoms with Crippen LogP contribution in [0.15, 0.2) is 18.2 Å². The molecule has 0 amide bonds. The number of hydrogen-bond donors (Lipinski definition) is 0. The van der Waals surface area contributed by atoms with E-state index in [9.17, 15) is 4.79 Å². The van der Waals surface area contributed by atoms with E-state index in [0.717, 1.165) is 16.6 Å². The van der Waals surface area contributed by atoms with Crippen molar-refractivity contribution in [1.82, 2.24) is 0 Å². The Balaban J connectivity index is 2.89. The van der Waals surface area contributed by atoms with Crippen LogP contribution in [-0.2, 0) is 4.74 Å². The third-order valence-electron chi connectivity index (χ3n) is 2.11. The number of carbonyl (C=O) groups is 1. The van der Waals surface area contributed by atoms with Gasteiger partial charge in [0.2, 0.25) is 0 Å². The third kappa shape index (κ3) is 3.23. The number of ether oxygens (including phenoxy) is 2. The zero-order valence-electron chi connectivity index (χ0n) is 9.46. The van der Waals surface area contributed by atoms with Gasteiger partial charge in [0.1, 0.15) is 5.75 Å². The summed E-state index contributed by atoms with van der Waals surface area (Å²) in [5, 5.41) is 0.760. The van der Waals surface area contributed by atoms with Crippen LogP contribution >= 0.6 is 15.9 Å². The summed E-state index contributed by atoms with van der Waals surface area (Å²) < 4.78 is 10.5. The lowest BCUT2D eigenvalue weighted by Gasteiger charge is -2.11. The Labute approximate surface area is 104 Å². The molecule has 0 atom stereocenters. The highest BCUT2D eigenvalue weighted by molar-refractivity contribution is 9.09. The SMILES string of the molecule is CCOC(=O)c1cccc(OCCBr)c1C. The molecule has 0 spiro atoms. The summed E-state index contributed by atoms with van der Waals surface area (Å²) in [6.07, 6.45) is 0. The van der Waals surface area contributed by atoms with Gasteiger partial charge in [-0.05, 0) is 26.0 Å². The van der Waals surface area contributed by atoms with E-state index in [1.54, 1.807) is 19.1 Å². The average Bonchev–Trinajstić information content (AvgIpc) is 2.28. The van der Waals surface area contributed by atoms with Crippen LogP contribution in [0.25, 0.3) is 0 Å². The van der Waals surface area contributed by atoms with Crippen molar-refractivity contribution in [2.24, 2.45) is 0 Å². The molecule has 0 saturated carbocycles. The molecule has 1 aromatic carbocycles. The molecule has 0 heterocycles. The summed E-state index contributed by atoms with van der Waals surface area (Å²) in [6.45, 7) is 4.60. The highest BCUT2D eigenvalue weighted by Gasteiger charge is 2.12. The quantitative estimate of drug-likeness (QED) is 0.617. The molecule has 0 aromatic heterocycles. The minimum atomic E-state index is -0.302. The minimum absolute atomic E-state index is 0.302. The van der Waals surface area contributed by atoms with Crippen LogP contribution in [0, 0.1) is 6.92 Å². The Kier molecular flexibility index (Phi) is 5.32. The summed E-state index contributed by atoms with van der Waals surface area (Å²) in [7, 11) is 0. The highest BCUT2D eigenvalue weighted by atomic mass is 79.9. The van der Waals surface area contributed by atoms with Crippen LogP contribution in [0.4, 0.5) is 0 Å². The Morgan fingerprint density at radius 2 is 2.19 bits per heavy atom. The van der Waals surface area contributed by atoms with E-state index in [0.29, 0.717) is 18.8 Å². The summed E-state index contributed by atoms with van der Waals surface area (Å²) in [6, 6.07) is 5.39. The van der Waals surface area contributed by atoms with Crippen LogP contribution < -0.4 is 4.74 Å². The summed E-state index contributed by atoms with van der Waals surface area (Å²) >= 11 is 3.29. The molecule has 0 saturated heterocycles. The van der Waals surface area contributed by atoms with Gasteiger partial charge in [0.15, 0.2) is 0 Å². The van der Waals surface area contributed by atoms with Crippen molar-refractivity contribution in [3.05, 3.63) is 29.3 Å². The second-order valence-electron chi connectivity index (χ2n) is 3.19. The molecule has 3 nitrogen and oxygen atoms in total. The Morgan fingerprint density at radius 1 is 1.44 bits per heavy atom. The fourth-order valence-corrected chi connectivity index (χ4v) is 1.51. The van der Waals surface area contributed by atoms with Gasteiger partial charge in [-0.1, -0.05) is 22.0 Å². The number of halogens is 1. The van der Waals surface area contributed by atoms with E-state index in [4.69, 9.17) is 9.47 Å². The summed E-state index contributed by atoms with van der Waals surface area (Å²) in [4.78, 5) is 11.6. The van der Waals surface area contributed by atoms with Crippen LogP contribution in [0.2, 0.25) is 0 Å². The van der Waals surface area contributed by atoms with Crippen molar-refractivity contribution in [2.45, 2.75) is 13.8 Å². The van der Waals surface area contributed by atoms with E-state index >= 15 is 0 Å². The molecule has 0 aliphatic carbocycles. The van der Waals surface area contributed by atoms with Gasteiger partial charge in [0.05, 0.1) is 18.8 Å². The second-order valence-corrected chi connectivity index (χ2v) is 3.98. The molecule has 0 N–H and O–H groups in total. The van der Waals surface area contributed by atoms with Crippen LogP contribution in [0.5, 0.6) is 5.75 Å². The Bertz CT molecular complexity index is 363. The van der Waals surface area contributed by atoms with Crippen molar-refractivity contribution >= 4 is 21.9 Å². The van der Waals surface area contributed by atoms with Gasteiger partial charge in [0, 0.05) is 10.9 Å². The predicted octanol–water partition coefficient (Wildman–Crippen LogP) is 2.95. The molecule has 0 aliphatic heterocycles. The first kappa shape index (κ1) is 13.0. The topological polar surface area (TPSA) is 35.5 Å².